The largest absolute Gasteiger partial charge is 0.418 e. The Morgan fingerprint density at radius 1 is 1.20 bits per heavy atom. The fraction of sp³-hybridized carbons (Fsp3) is 0.300. The van der Waals surface area contributed by atoms with Gasteiger partial charge < -0.3 is 15.0 Å². The van der Waals surface area contributed by atoms with Crippen LogP contribution in [-0.2, 0) is 15.7 Å². The SMILES string of the molecule is N#Cc1cc(C(=O)CC(=O)Nc2ccc(N3CCOCC3)c(C(F)(F)F)c2)ccn1. The van der Waals surface area contributed by atoms with Gasteiger partial charge in [0.1, 0.15) is 11.8 Å². The summed E-state index contributed by atoms with van der Waals surface area (Å²) in [4.78, 5) is 29.7. The van der Waals surface area contributed by atoms with Gasteiger partial charge in [0, 0.05) is 36.2 Å². The van der Waals surface area contributed by atoms with E-state index in [4.69, 9.17) is 10.00 Å². The topological polar surface area (TPSA) is 95.3 Å². The Morgan fingerprint density at radius 2 is 1.93 bits per heavy atom. The van der Waals surface area contributed by atoms with Crippen molar-refractivity contribution >= 4 is 23.1 Å². The molecule has 7 nitrogen and oxygen atoms in total. The zero-order chi connectivity index (χ0) is 21.7. The first-order valence-electron chi connectivity index (χ1n) is 9.01. The van der Waals surface area contributed by atoms with E-state index in [1.54, 1.807) is 11.0 Å². The van der Waals surface area contributed by atoms with Crippen molar-refractivity contribution in [1.29, 1.82) is 5.26 Å². The average molecular weight is 418 g/mol. The van der Waals surface area contributed by atoms with Crippen LogP contribution in [0.15, 0.2) is 36.5 Å². The van der Waals surface area contributed by atoms with Crippen molar-refractivity contribution < 1.29 is 27.5 Å². The maximum Gasteiger partial charge on any atom is 0.418 e. The summed E-state index contributed by atoms with van der Waals surface area (Å²) in [5, 5.41) is 11.2. The van der Waals surface area contributed by atoms with Crippen LogP contribution in [0, 0.1) is 11.3 Å². The molecule has 1 N–H and O–H groups in total. The molecule has 1 amide bonds. The van der Waals surface area contributed by atoms with E-state index in [1.807, 2.05) is 0 Å². The number of ether oxygens (including phenoxy) is 1. The fourth-order valence-corrected chi connectivity index (χ4v) is 3.04. The van der Waals surface area contributed by atoms with E-state index in [2.05, 4.69) is 10.3 Å². The number of carbonyl (C=O) groups is 2. The minimum atomic E-state index is -4.62. The number of hydrogen-bond donors (Lipinski definition) is 1. The van der Waals surface area contributed by atoms with Crippen LogP contribution in [0.1, 0.15) is 28.0 Å². The van der Waals surface area contributed by atoms with Gasteiger partial charge in [-0.1, -0.05) is 0 Å². The molecule has 0 bridgehead atoms. The highest BCUT2D eigenvalue weighted by atomic mass is 19.4. The quantitative estimate of drug-likeness (QED) is 0.593. The van der Waals surface area contributed by atoms with E-state index in [9.17, 15) is 22.8 Å². The second-order valence-corrected chi connectivity index (χ2v) is 6.52. The van der Waals surface area contributed by atoms with E-state index in [0.717, 1.165) is 6.07 Å². The molecule has 1 fully saturated rings. The molecule has 0 unspecified atom stereocenters. The number of nitrogens with one attached hydrogen (secondary N) is 1. The third-order valence-corrected chi connectivity index (χ3v) is 4.46. The summed E-state index contributed by atoms with van der Waals surface area (Å²) in [5.41, 5.74) is -0.781. The van der Waals surface area contributed by atoms with Crippen molar-refractivity contribution in [3.8, 4) is 6.07 Å². The lowest BCUT2D eigenvalue weighted by atomic mass is 10.1. The lowest BCUT2D eigenvalue weighted by Gasteiger charge is -2.31. The van der Waals surface area contributed by atoms with Gasteiger partial charge in [0.25, 0.3) is 0 Å². The molecule has 0 atom stereocenters. The summed E-state index contributed by atoms with van der Waals surface area (Å²) in [5.74, 6) is -1.34. The Hall–Kier alpha value is -3.45. The summed E-state index contributed by atoms with van der Waals surface area (Å²) in [6.07, 6.45) is -3.93. The summed E-state index contributed by atoms with van der Waals surface area (Å²) in [6, 6.07) is 7.90. The predicted molar refractivity (Wildman–Crippen MR) is 101 cm³/mol. The molecule has 156 valence electrons. The highest BCUT2D eigenvalue weighted by molar-refractivity contribution is 6.11. The van der Waals surface area contributed by atoms with Crippen LogP contribution in [0.5, 0.6) is 0 Å². The number of morpholine rings is 1. The molecule has 0 radical (unpaired) electrons. The summed E-state index contributed by atoms with van der Waals surface area (Å²) in [7, 11) is 0. The second-order valence-electron chi connectivity index (χ2n) is 6.52. The van der Waals surface area contributed by atoms with Crippen LogP contribution >= 0.6 is 0 Å². The molecule has 0 saturated carbocycles. The first-order valence-corrected chi connectivity index (χ1v) is 9.01. The Balaban J connectivity index is 1.74. The monoisotopic (exact) mass is 418 g/mol. The number of Topliss-reactive ketones (excluding diaryl/α,β-unsaturated/α-hetero) is 1. The van der Waals surface area contributed by atoms with Gasteiger partial charge in [-0.3, -0.25) is 9.59 Å². The smallest absolute Gasteiger partial charge is 0.378 e. The maximum atomic E-state index is 13.6. The third-order valence-electron chi connectivity index (χ3n) is 4.46. The average Bonchev–Trinajstić information content (AvgIpc) is 2.73. The molecule has 1 aromatic carbocycles. The number of aromatic nitrogens is 1. The van der Waals surface area contributed by atoms with Gasteiger partial charge in [0.15, 0.2) is 5.78 Å². The molecular weight excluding hydrogens is 401 g/mol. The summed E-state index contributed by atoms with van der Waals surface area (Å²) < 4.78 is 45.9. The van der Waals surface area contributed by atoms with Crippen LogP contribution in [0.2, 0.25) is 0 Å². The number of halogens is 3. The van der Waals surface area contributed by atoms with E-state index >= 15 is 0 Å². The van der Waals surface area contributed by atoms with E-state index < -0.39 is 29.9 Å². The van der Waals surface area contributed by atoms with Crippen molar-refractivity contribution in [2.24, 2.45) is 0 Å². The van der Waals surface area contributed by atoms with Crippen molar-refractivity contribution in [2.75, 3.05) is 36.5 Å². The van der Waals surface area contributed by atoms with Crippen LogP contribution in [0.4, 0.5) is 24.5 Å². The lowest BCUT2D eigenvalue weighted by Crippen LogP contribution is -2.37. The molecule has 0 aliphatic carbocycles. The molecule has 1 aromatic heterocycles. The number of benzene rings is 1. The Kier molecular flexibility index (Phi) is 6.32. The molecule has 2 aromatic rings. The van der Waals surface area contributed by atoms with E-state index in [-0.39, 0.29) is 22.6 Å². The van der Waals surface area contributed by atoms with Crippen molar-refractivity contribution in [3.05, 3.63) is 53.3 Å². The molecule has 30 heavy (non-hydrogen) atoms. The number of hydrogen-bond acceptors (Lipinski definition) is 6. The number of alkyl halides is 3. The first kappa shape index (κ1) is 21.3. The lowest BCUT2D eigenvalue weighted by molar-refractivity contribution is -0.137. The van der Waals surface area contributed by atoms with E-state index in [0.29, 0.717) is 26.3 Å². The van der Waals surface area contributed by atoms with Crippen LogP contribution < -0.4 is 10.2 Å². The van der Waals surface area contributed by atoms with Crippen LogP contribution in [0.25, 0.3) is 0 Å². The summed E-state index contributed by atoms with van der Waals surface area (Å²) in [6.45, 7) is 1.33. The molecule has 2 heterocycles. The number of nitrogens with zero attached hydrogens (tertiary/aromatic N) is 3. The van der Waals surface area contributed by atoms with Gasteiger partial charge in [-0.15, -0.1) is 0 Å². The first-order chi connectivity index (χ1) is 14.3. The molecule has 10 heteroatoms. The van der Waals surface area contributed by atoms with Gasteiger partial charge in [0.05, 0.1) is 25.2 Å². The van der Waals surface area contributed by atoms with Crippen LogP contribution in [-0.4, -0.2) is 43.0 Å². The van der Waals surface area contributed by atoms with Gasteiger partial charge in [-0.25, -0.2) is 4.98 Å². The molecule has 1 aliphatic heterocycles. The normalized spacial score (nSPS) is 14.1. The molecule has 1 saturated heterocycles. The maximum absolute atomic E-state index is 13.6. The number of anilines is 2. The number of carbonyl (C=O) groups excluding carboxylic acids is 2. The zero-order valence-corrected chi connectivity index (χ0v) is 15.7. The molecular formula is C20H17F3N4O3. The highest BCUT2D eigenvalue weighted by Gasteiger charge is 2.35. The zero-order valence-electron chi connectivity index (χ0n) is 15.7. The summed E-state index contributed by atoms with van der Waals surface area (Å²) >= 11 is 0. The Morgan fingerprint density at radius 3 is 2.60 bits per heavy atom. The van der Waals surface area contributed by atoms with E-state index in [1.165, 1.54) is 30.5 Å². The van der Waals surface area contributed by atoms with Gasteiger partial charge in [-0.2, -0.15) is 18.4 Å². The van der Waals surface area contributed by atoms with Gasteiger partial charge in [-0.05, 0) is 30.3 Å². The van der Waals surface area contributed by atoms with Crippen molar-refractivity contribution in [3.63, 3.8) is 0 Å². The van der Waals surface area contributed by atoms with Crippen LogP contribution in [0.3, 0.4) is 0 Å². The Labute approximate surface area is 170 Å². The van der Waals surface area contributed by atoms with Crippen molar-refractivity contribution in [1.82, 2.24) is 4.98 Å². The molecule has 3 rings (SSSR count). The number of rotatable bonds is 5. The molecule has 1 aliphatic rings. The number of pyridine rings is 1. The second kappa shape index (κ2) is 8.92. The third kappa shape index (κ3) is 5.12. The van der Waals surface area contributed by atoms with Gasteiger partial charge in [0.2, 0.25) is 5.91 Å². The predicted octanol–water partition coefficient (Wildman–Crippen LogP) is 3.02. The minimum Gasteiger partial charge on any atom is -0.378 e. The number of nitriles is 1. The number of amides is 1. The Bertz CT molecular complexity index is 996. The van der Waals surface area contributed by atoms with Crippen molar-refractivity contribution in [2.45, 2.75) is 12.6 Å². The molecule has 0 spiro atoms. The minimum absolute atomic E-state index is 0.0145. The highest BCUT2D eigenvalue weighted by Crippen LogP contribution is 2.38. The standard InChI is InChI=1S/C20H17F3N4O3/c21-20(22,23)16-10-14(1-2-17(16)27-5-7-30-8-6-27)26-19(29)11-18(28)13-3-4-25-15(9-13)12-24/h1-4,9-10H,5-8,11H2,(H,26,29). The fourth-order valence-electron chi connectivity index (χ4n) is 3.04. The van der Waals surface area contributed by atoms with Gasteiger partial charge >= 0.3 is 6.18 Å². The number of ketones is 1.